The number of hydrogen-bond donors (Lipinski definition) is 3. The van der Waals surface area contributed by atoms with E-state index < -0.39 is 21.0 Å². The SMILES string of the molecule is COc1cc(N=Nc2cc(OC)c(NC(=O)Nc3cc(C)c(N=Nc4cc(OC)c(N=Nc5ccc(N(C)C)cc5S(=O)(=O)O)cc4OC)cc3OC)cc2C)c(OC)cc1N=Nc1ccc(N(C)C)cc1C. The molecule has 0 radical (unpaired) electrons. The van der Waals surface area contributed by atoms with Crippen LogP contribution in [0.4, 0.5) is 73.0 Å². The maximum absolute atomic E-state index is 13.5. The highest BCUT2D eigenvalue weighted by atomic mass is 32.2. The Labute approximate surface area is 423 Å². The van der Waals surface area contributed by atoms with E-state index in [2.05, 4.69) is 51.5 Å². The van der Waals surface area contributed by atoms with E-state index >= 15 is 0 Å². The van der Waals surface area contributed by atoms with Crippen molar-refractivity contribution in [3.05, 3.63) is 102 Å². The molecule has 23 heteroatoms. The van der Waals surface area contributed by atoms with Gasteiger partial charge in [-0.1, -0.05) is 0 Å². The van der Waals surface area contributed by atoms with Crippen LogP contribution in [0.3, 0.4) is 0 Å². The van der Waals surface area contributed by atoms with Gasteiger partial charge in [0.1, 0.15) is 67.8 Å². The lowest BCUT2D eigenvalue weighted by molar-refractivity contribution is 0.262. The molecule has 2 amide bonds. The molecular weight excluding hydrogens is 961 g/mol. The average Bonchev–Trinajstić information content (AvgIpc) is 3.36. The first kappa shape index (κ1) is 53.6. The van der Waals surface area contributed by atoms with Crippen molar-refractivity contribution in [1.82, 2.24) is 0 Å². The Balaban J connectivity index is 1.17. The number of benzene rings is 6. The highest BCUT2D eigenvalue weighted by molar-refractivity contribution is 7.86. The first-order valence-electron chi connectivity index (χ1n) is 22.0. The van der Waals surface area contributed by atoms with Crippen LogP contribution in [0.25, 0.3) is 0 Å². The second kappa shape index (κ2) is 23.5. The van der Waals surface area contributed by atoms with E-state index in [0.29, 0.717) is 73.9 Å². The van der Waals surface area contributed by atoms with Crippen molar-refractivity contribution in [2.75, 3.05) is 91.3 Å². The summed E-state index contributed by atoms with van der Waals surface area (Å²) in [5, 5.41) is 40.7. The standard InChI is InChI=1S/C50H56N12O10S/c1-28-18-31(61(4)5)14-16-33(28)53-57-39-24-47(71-12)41(26-45(39)69-10)59-55-35-22-43(67-8)37(19-29(35)2)51-50(63)52-38-20-30(3)36(23-44(38)68-9)56-60-42-27-46(70-11)40(25-48(42)72-13)58-54-34-17-15-32(62(6)7)21-49(34)73(64,65)66/h14-27H,1-13H3,(H2,51,52,63)(H,64,65,66). The summed E-state index contributed by atoms with van der Waals surface area (Å²) in [5.41, 5.74) is 7.27. The molecule has 0 bridgehead atoms. The van der Waals surface area contributed by atoms with Crippen molar-refractivity contribution in [1.29, 1.82) is 0 Å². The van der Waals surface area contributed by atoms with E-state index in [1.807, 2.05) is 51.0 Å². The quantitative estimate of drug-likeness (QED) is 0.0506. The first-order chi connectivity index (χ1) is 34.8. The van der Waals surface area contributed by atoms with E-state index in [0.717, 1.165) is 11.3 Å². The summed E-state index contributed by atoms with van der Waals surface area (Å²) >= 11 is 0. The number of aryl methyl sites for hydroxylation is 3. The molecule has 0 aliphatic carbocycles. The third-order valence-corrected chi connectivity index (χ3v) is 11.9. The normalized spacial score (nSPS) is 11.6. The van der Waals surface area contributed by atoms with Gasteiger partial charge in [0.25, 0.3) is 10.1 Å². The van der Waals surface area contributed by atoms with Gasteiger partial charge in [-0.15, -0.1) is 25.6 Å². The molecule has 0 spiro atoms. The number of rotatable bonds is 19. The Morgan fingerprint density at radius 3 is 1.07 bits per heavy atom. The van der Waals surface area contributed by atoms with Gasteiger partial charge in [-0.05, 0) is 86.0 Å². The van der Waals surface area contributed by atoms with Crippen LogP contribution in [0.1, 0.15) is 16.7 Å². The Morgan fingerprint density at radius 1 is 0.425 bits per heavy atom. The maximum Gasteiger partial charge on any atom is 0.323 e. The van der Waals surface area contributed by atoms with Crippen molar-refractivity contribution < 1.29 is 46.2 Å². The zero-order chi connectivity index (χ0) is 53.1. The molecule has 0 atom stereocenters. The molecule has 0 saturated carbocycles. The molecule has 0 fully saturated rings. The van der Waals surface area contributed by atoms with Crippen molar-refractivity contribution >= 4 is 84.4 Å². The van der Waals surface area contributed by atoms with Crippen molar-refractivity contribution in [2.24, 2.45) is 40.9 Å². The number of nitrogens with zero attached hydrogens (tertiary/aromatic N) is 10. The van der Waals surface area contributed by atoms with Gasteiger partial charge in [-0.3, -0.25) is 4.55 Å². The van der Waals surface area contributed by atoms with Gasteiger partial charge in [0.2, 0.25) is 0 Å². The summed E-state index contributed by atoms with van der Waals surface area (Å²) in [5.74, 6) is 1.84. The third-order valence-electron chi connectivity index (χ3n) is 11.0. The van der Waals surface area contributed by atoms with Crippen LogP contribution >= 0.6 is 0 Å². The van der Waals surface area contributed by atoms with Crippen molar-refractivity contribution in [3.8, 4) is 34.5 Å². The molecule has 6 aromatic carbocycles. The fourth-order valence-electron chi connectivity index (χ4n) is 6.95. The largest absolute Gasteiger partial charge is 0.494 e. The molecule has 0 aliphatic rings. The molecule has 6 rings (SSSR count). The lowest BCUT2D eigenvalue weighted by Crippen LogP contribution is -2.20. The number of carbonyl (C=O) groups excluding carboxylic acids is 1. The van der Waals surface area contributed by atoms with Crippen LogP contribution in [0.15, 0.2) is 131 Å². The minimum atomic E-state index is -4.64. The minimum absolute atomic E-state index is 0.0948. The fraction of sp³-hybridized carbons (Fsp3) is 0.260. The lowest BCUT2D eigenvalue weighted by Gasteiger charge is -2.15. The first-order valence-corrected chi connectivity index (χ1v) is 23.5. The Bertz CT molecular complexity index is 3270. The van der Waals surface area contributed by atoms with Crippen LogP contribution in [-0.4, -0.2) is 89.9 Å². The smallest absolute Gasteiger partial charge is 0.323 e. The summed E-state index contributed by atoms with van der Waals surface area (Å²) in [4.78, 5) is 16.8. The lowest BCUT2D eigenvalue weighted by atomic mass is 10.1. The molecule has 3 N–H and O–H groups in total. The molecule has 0 heterocycles. The number of ether oxygens (including phenoxy) is 6. The predicted molar refractivity (Wildman–Crippen MR) is 280 cm³/mol. The molecule has 0 saturated heterocycles. The van der Waals surface area contributed by atoms with Crippen molar-refractivity contribution in [3.63, 3.8) is 0 Å². The third kappa shape index (κ3) is 13.0. The van der Waals surface area contributed by atoms with Gasteiger partial charge in [0, 0.05) is 76.0 Å². The summed E-state index contributed by atoms with van der Waals surface area (Å²) in [6, 6.07) is 22.6. The predicted octanol–water partition coefficient (Wildman–Crippen LogP) is 13.3. The molecule has 22 nitrogen and oxygen atoms in total. The molecule has 0 unspecified atom stereocenters. The van der Waals surface area contributed by atoms with Crippen LogP contribution in [0.2, 0.25) is 0 Å². The molecule has 0 aromatic heterocycles. The molecule has 6 aromatic rings. The Morgan fingerprint density at radius 2 is 0.726 bits per heavy atom. The van der Waals surface area contributed by atoms with Crippen LogP contribution < -0.4 is 48.9 Å². The fourth-order valence-corrected chi connectivity index (χ4v) is 7.60. The van der Waals surface area contributed by atoms with Gasteiger partial charge < -0.3 is 48.9 Å². The van der Waals surface area contributed by atoms with Crippen LogP contribution in [0, 0.1) is 20.8 Å². The summed E-state index contributed by atoms with van der Waals surface area (Å²) in [7, 11) is 11.6. The van der Waals surface area contributed by atoms with E-state index in [-0.39, 0.29) is 34.3 Å². The highest BCUT2D eigenvalue weighted by Gasteiger charge is 2.20. The average molecular weight is 1020 g/mol. The van der Waals surface area contributed by atoms with Crippen LogP contribution in [0.5, 0.6) is 34.5 Å². The van der Waals surface area contributed by atoms with E-state index in [1.54, 1.807) is 68.4 Å². The zero-order valence-corrected chi connectivity index (χ0v) is 43.4. The van der Waals surface area contributed by atoms with Gasteiger partial charge >= 0.3 is 6.03 Å². The molecule has 0 aliphatic heterocycles. The highest BCUT2D eigenvalue weighted by Crippen LogP contribution is 2.44. The number of azo groups is 4. The zero-order valence-electron chi connectivity index (χ0n) is 42.6. The Kier molecular flexibility index (Phi) is 17.3. The number of anilines is 4. The maximum atomic E-state index is 13.5. The van der Waals surface area contributed by atoms with Gasteiger partial charge in [-0.2, -0.15) is 23.8 Å². The number of hydrogen-bond acceptors (Lipinski definition) is 19. The number of methoxy groups -OCH3 is 6. The number of urea groups is 1. The van der Waals surface area contributed by atoms with Crippen LogP contribution in [-0.2, 0) is 10.1 Å². The van der Waals surface area contributed by atoms with E-state index in [1.165, 1.54) is 66.9 Å². The summed E-state index contributed by atoms with van der Waals surface area (Å²) < 4.78 is 67.9. The van der Waals surface area contributed by atoms with Crippen molar-refractivity contribution in [2.45, 2.75) is 25.7 Å². The van der Waals surface area contributed by atoms with Gasteiger partial charge in [0.15, 0.2) is 0 Å². The number of amides is 2. The number of nitrogens with one attached hydrogen (secondary N) is 2. The second-order valence-corrected chi connectivity index (χ2v) is 17.7. The van der Waals surface area contributed by atoms with Gasteiger partial charge in [-0.25, -0.2) is 4.79 Å². The van der Waals surface area contributed by atoms with E-state index in [4.69, 9.17) is 28.4 Å². The minimum Gasteiger partial charge on any atom is -0.494 e. The molecular formula is C50H56N12O10S. The second-order valence-electron chi connectivity index (χ2n) is 16.3. The number of carbonyl (C=O) groups is 1. The molecule has 382 valence electrons. The summed E-state index contributed by atoms with van der Waals surface area (Å²) in [6.07, 6.45) is 0. The Hall–Kier alpha value is -8.70. The van der Waals surface area contributed by atoms with E-state index in [9.17, 15) is 17.8 Å². The topological polar surface area (TPSA) is 256 Å². The monoisotopic (exact) mass is 1020 g/mol. The summed E-state index contributed by atoms with van der Waals surface area (Å²) in [6.45, 7) is 5.56. The van der Waals surface area contributed by atoms with Gasteiger partial charge in [0.05, 0.1) is 71.1 Å². The molecule has 73 heavy (non-hydrogen) atoms.